The Balaban J connectivity index is 1.67. The number of benzene rings is 6. The summed E-state index contributed by atoms with van der Waals surface area (Å²) in [5.41, 5.74) is 11.9. The van der Waals surface area contributed by atoms with E-state index in [9.17, 15) is 0 Å². The molecule has 2 heteroatoms. The zero-order chi connectivity index (χ0) is 25.1. The summed E-state index contributed by atoms with van der Waals surface area (Å²) in [6, 6.07) is 42.6. The summed E-state index contributed by atoms with van der Waals surface area (Å²) in [5.74, 6) is 0. The molecule has 176 valence electrons. The molecule has 0 N–H and O–H groups in total. The Hall–Kier alpha value is -4.30. The molecule has 0 amide bonds. The fourth-order valence-corrected chi connectivity index (χ4v) is 6.54. The molecule has 0 aromatic heterocycles. The zero-order valence-electron chi connectivity index (χ0n) is 21.5. The first-order valence-electron chi connectivity index (χ1n) is 13.1. The number of para-hydroxylation sites is 1. The molecule has 0 atom stereocenters. The van der Waals surface area contributed by atoms with Crippen LogP contribution in [0, 0.1) is 20.8 Å². The molecular formula is C35H28BN. The molecule has 0 saturated heterocycles. The van der Waals surface area contributed by atoms with Crippen LogP contribution in [0.4, 0.5) is 17.1 Å². The van der Waals surface area contributed by atoms with Gasteiger partial charge >= 0.3 is 0 Å². The minimum Gasteiger partial charge on any atom is -0.311 e. The van der Waals surface area contributed by atoms with Crippen LogP contribution in [0.5, 0.6) is 0 Å². The van der Waals surface area contributed by atoms with Crippen LogP contribution in [0.1, 0.15) is 16.7 Å². The number of hydrogen-bond donors (Lipinski definition) is 0. The van der Waals surface area contributed by atoms with E-state index in [2.05, 4.69) is 141 Å². The molecule has 0 saturated carbocycles. The van der Waals surface area contributed by atoms with Crippen LogP contribution in [-0.4, -0.2) is 6.71 Å². The Morgan fingerprint density at radius 2 is 1.14 bits per heavy atom. The maximum atomic E-state index is 2.47. The van der Waals surface area contributed by atoms with Gasteiger partial charge in [-0.15, -0.1) is 0 Å². The third-order valence-electron chi connectivity index (χ3n) is 7.97. The van der Waals surface area contributed by atoms with Crippen molar-refractivity contribution in [1.29, 1.82) is 0 Å². The van der Waals surface area contributed by atoms with Gasteiger partial charge in [0, 0.05) is 17.1 Å². The molecular weight excluding hydrogens is 445 g/mol. The third-order valence-corrected chi connectivity index (χ3v) is 7.97. The first-order valence-corrected chi connectivity index (χ1v) is 13.1. The van der Waals surface area contributed by atoms with Gasteiger partial charge in [-0.3, -0.25) is 0 Å². The number of aryl methyl sites for hydroxylation is 3. The molecule has 0 unspecified atom stereocenters. The van der Waals surface area contributed by atoms with Crippen molar-refractivity contribution in [2.45, 2.75) is 20.8 Å². The van der Waals surface area contributed by atoms with E-state index >= 15 is 0 Å². The molecule has 37 heavy (non-hydrogen) atoms. The topological polar surface area (TPSA) is 3.24 Å². The normalized spacial score (nSPS) is 12.6. The van der Waals surface area contributed by atoms with Crippen molar-refractivity contribution in [1.82, 2.24) is 0 Å². The van der Waals surface area contributed by atoms with Crippen molar-refractivity contribution in [3.8, 4) is 0 Å². The van der Waals surface area contributed by atoms with Crippen LogP contribution in [0.15, 0.2) is 115 Å². The van der Waals surface area contributed by atoms with E-state index in [4.69, 9.17) is 0 Å². The summed E-state index contributed by atoms with van der Waals surface area (Å²) >= 11 is 0. The highest BCUT2D eigenvalue weighted by molar-refractivity contribution is 7.00. The van der Waals surface area contributed by atoms with Gasteiger partial charge in [0.15, 0.2) is 0 Å². The first kappa shape index (κ1) is 21.9. The lowest BCUT2D eigenvalue weighted by Gasteiger charge is -2.39. The quantitative estimate of drug-likeness (QED) is 0.240. The minimum absolute atomic E-state index is 0.140. The van der Waals surface area contributed by atoms with Crippen LogP contribution < -0.4 is 21.3 Å². The largest absolute Gasteiger partial charge is 0.311 e. The molecule has 6 aromatic rings. The molecule has 0 spiro atoms. The lowest BCUT2D eigenvalue weighted by molar-refractivity contribution is 1.30. The summed E-state index contributed by atoms with van der Waals surface area (Å²) in [7, 11) is 0. The molecule has 1 heterocycles. The second-order valence-corrected chi connectivity index (χ2v) is 10.4. The highest BCUT2D eigenvalue weighted by Gasteiger charge is 2.38. The summed E-state index contributed by atoms with van der Waals surface area (Å²) in [4.78, 5) is 2.47. The van der Waals surface area contributed by atoms with Gasteiger partial charge in [0.25, 0.3) is 0 Å². The average molecular weight is 473 g/mol. The average Bonchev–Trinajstić information content (AvgIpc) is 2.91. The van der Waals surface area contributed by atoms with E-state index < -0.39 is 0 Å². The number of rotatable bonds is 2. The predicted molar refractivity (Wildman–Crippen MR) is 161 cm³/mol. The predicted octanol–water partition coefficient (Wildman–Crippen LogP) is 7.22. The van der Waals surface area contributed by atoms with Crippen molar-refractivity contribution in [3.05, 3.63) is 132 Å². The van der Waals surface area contributed by atoms with Crippen molar-refractivity contribution < 1.29 is 0 Å². The Bertz CT molecular complexity index is 1790. The maximum absolute atomic E-state index is 2.47. The molecule has 0 aliphatic carbocycles. The lowest BCUT2D eigenvalue weighted by Crippen LogP contribution is -2.59. The number of fused-ring (bicyclic) bond motifs is 5. The van der Waals surface area contributed by atoms with E-state index in [1.165, 1.54) is 71.7 Å². The molecule has 1 aliphatic heterocycles. The summed E-state index contributed by atoms with van der Waals surface area (Å²) in [6.45, 7) is 6.91. The van der Waals surface area contributed by atoms with Gasteiger partial charge in [0.2, 0.25) is 6.71 Å². The van der Waals surface area contributed by atoms with Gasteiger partial charge in [-0.1, -0.05) is 113 Å². The Morgan fingerprint density at radius 1 is 0.514 bits per heavy atom. The Morgan fingerprint density at radius 3 is 1.86 bits per heavy atom. The molecule has 0 radical (unpaired) electrons. The van der Waals surface area contributed by atoms with Gasteiger partial charge in [-0.2, -0.15) is 0 Å². The maximum Gasteiger partial charge on any atom is 0.248 e. The van der Waals surface area contributed by atoms with Crippen LogP contribution >= 0.6 is 0 Å². The van der Waals surface area contributed by atoms with Gasteiger partial charge in [-0.05, 0) is 77.5 Å². The fraction of sp³-hybridized carbons (Fsp3) is 0.0857. The summed E-state index contributed by atoms with van der Waals surface area (Å²) in [5, 5.41) is 5.16. The second-order valence-electron chi connectivity index (χ2n) is 10.4. The number of anilines is 3. The van der Waals surface area contributed by atoms with E-state index in [0.29, 0.717) is 0 Å². The van der Waals surface area contributed by atoms with Crippen LogP contribution in [0.2, 0.25) is 0 Å². The minimum atomic E-state index is 0.140. The SMILES string of the molecule is Cc1cc(C)c(B2c3cc4ccccc4cc3N(c3ccccc3)c3ccc4ccccc4c32)c(C)c1. The number of nitrogens with zero attached hydrogens (tertiary/aromatic N) is 1. The van der Waals surface area contributed by atoms with E-state index in [1.54, 1.807) is 0 Å². The third kappa shape index (κ3) is 3.40. The second kappa shape index (κ2) is 8.39. The van der Waals surface area contributed by atoms with Gasteiger partial charge in [-0.25, -0.2) is 0 Å². The van der Waals surface area contributed by atoms with Crippen molar-refractivity contribution in [3.63, 3.8) is 0 Å². The van der Waals surface area contributed by atoms with Gasteiger partial charge in [0.05, 0.1) is 0 Å². The number of hydrogen-bond acceptors (Lipinski definition) is 1. The van der Waals surface area contributed by atoms with Crippen LogP contribution in [0.3, 0.4) is 0 Å². The highest BCUT2D eigenvalue weighted by Crippen LogP contribution is 2.39. The molecule has 7 rings (SSSR count). The molecule has 1 aliphatic rings. The van der Waals surface area contributed by atoms with Crippen LogP contribution in [0.25, 0.3) is 21.5 Å². The smallest absolute Gasteiger partial charge is 0.248 e. The van der Waals surface area contributed by atoms with Crippen molar-refractivity contribution in [2.24, 2.45) is 0 Å². The zero-order valence-corrected chi connectivity index (χ0v) is 21.5. The lowest BCUT2D eigenvalue weighted by atomic mass is 9.33. The van der Waals surface area contributed by atoms with E-state index in [-0.39, 0.29) is 6.71 Å². The standard InChI is InChI=1S/C35H28BN/c1-23-19-24(2)34(25(3)20-23)36-31-21-27-12-7-8-13-28(27)22-33(31)37(29-14-5-4-6-15-29)32-18-17-26-11-9-10-16-30(26)35(32)36/h4-22H,1-3H3. The van der Waals surface area contributed by atoms with Crippen LogP contribution in [-0.2, 0) is 0 Å². The molecule has 1 nitrogen and oxygen atoms in total. The monoisotopic (exact) mass is 473 g/mol. The fourth-order valence-electron chi connectivity index (χ4n) is 6.54. The Labute approximate surface area is 219 Å². The molecule has 0 fully saturated rings. The van der Waals surface area contributed by atoms with E-state index in [0.717, 1.165) is 0 Å². The van der Waals surface area contributed by atoms with Crippen molar-refractivity contribution >= 4 is 61.7 Å². The van der Waals surface area contributed by atoms with Gasteiger partial charge in [0.1, 0.15) is 0 Å². The van der Waals surface area contributed by atoms with E-state index in [1.807, 2.05) is 0 Å². The summed E-state index contributed by atoms with van der Waals surface area (Å²) < 4.78 is 0. The molecule has 6 aromatic carbocycles. The van der Waals surface area contributed by atoms with Gasteiger partial charge < -0.3 is 4.90 Å². The highest BCUT2D eigenvalue weighted by atomic mass is 15.1. The Kier molecular flexibility index (Phi) is 4.97. The summed E-state index contributed by atoms with van der Waals surface area (Å²) in [6.07, 6.45) is 0. The first-order chi connectivity index (χ1) is 18.1. The van der Waals surface area contributed by atoms with Crippen molar-refractivity contribution in [2.75, 3.05) is 4.90 Å². The molecule has 0 bridgehead atoms.